The van der Waals surface area contributed by atoms with Gasteiger partial charge >= 0.3 is 12.0 Å². The van der Waals surface area contributed by atoms with Crippen LogP contribution in [0.15, 0.2) is 0 Å². The summed E-state index contributed by atoms with van der Waals surface area (Å²) in [5.41, 5.74) is -1.22. The maximum absolute atomic E-state index is 12.2. The largest absolute Gasteiger partial charge is 0.480 e. The zero-order valence-electron chi connectivity index (χ0n) is 13.2. The van der Waals surface area contributed by atoms with Gasteiger partial charge in [0.1, 0.15) is 12.1 Å². The minimum absolute atomic E-state index is 0.0793. The molecule has 3 amide bonds. The molecule has 120 valence electrons. The van der Waals surface area contributed by atoms with Gasteiger partial charge in [0, 0.05) is 21.1 Å². The van der Waals surface area contributed by atoms with Crippen molar-refractivity contribution in [2.24, 2.45) is 5.92 Å². The average molecular weight is 299 g/mol. The van der Waals surface area contributed by atoms with Gasteiger partial charge in [-0.2, -0.15) is 0 Å². The van der Waals surface area contributed by atoms with E-state index in [9.17, 15) is 19.5 Å². The van der Waals surface area contributed by atoms with Gasteiger partial charge in [0.15, 0.2) is 0 Å². The predicted molar refractivity (Wildman–Crippen MR) is 77.9 cm³/mol. The molecule has 2 atom stereocenters. The summed E-state index contributed by atoms with van der Waals surface area (Å²) in [5, 5.41) is 12.1. The van der Waals surface area contributed by atoms with Crippen LogP contribution in [0.1, 0.15) is 32.6 Å². The van der Waals surface area contributed by atoms with Crippen LogP contribution < -0.4 is 5.32 Å². The first kappa shape index (κ1) is 17.3. The topological polar surface area (TPSA) is 90.0 Å². The second-order valence-corrected chi connectivity index (χ2v) is 6.16. The summed E-state index contributed by atoms with van der Waals surface area (Å²) in [6, 6.07) is -0.526. The van der Waals surface area contributed by atoms with E-state index in [2.05, 4.69) is 5.32 Å². The Morgan fingerprint density at radius 2 is 1.90 bits per heavy atom. The van der Waals surface area contributed by atoms with Gasteiger partial charge in [-0.05, 0) is 18.8 Å². The number of carboxylic acids is 1. The van der Waals surface area contributed by atoms with Crippen molar-refractivity contribution in [3.05, 3.63) is 0 Å². The molecule has 0 aliphatic heterocycles. The third-order valence-electron chi connectivity index (χ3n) is 3.97. The zero-order chi connectivity index (χ0) is 16.2. The Bertz CT molecular complexity index is 424. The van der Waals surface area contributed by atoms with Crippen LogP contribution >= 0.6 is 0 Å². The van der Waals surface area contributed by atoms with Gasteiger partial charge < -0.3 is 20.2 Å². The molecule has 0 heterocycles. The summed E-state index contributed by atoms with van der Waals surface area (Å²) in [5.74, 6) is -0.965. The highest BCUT2D eigenvalue weighted by atomic mass is 16.4. The number of amides is 3. The number of carboxylic acid groups (broad SMARTS) is 1. The second-order valence-electron chi connectivity index (χ2n) is 6.16. The van der Waals surface area contributed by atoms with Crippen molar-refractivity contribution in [1.82, 2.24) is 15.1 Å². The van der Waals surface area contributed by atoms with Gasteiger partial charge in [-0.25, -0.2) is 9.59 Å². The molecule has 0 bridgehead atoms. The molecule has 0 aromatic carbocycles. The molecular formula is C14H25N3O4. The summed E-state index contributed by atoms with van der Waals surface area (Å²) in [6.07, 6.45) is 2.59. The summed E-state index contributed by atoms with van der Waals surface area (Å²) in [4.78, 5) is 38.0. The van der Waals surface area contributed by atoms with Crippen molar-refractivity contribution in [2.45, 2.75) is 38.1 Å². The van der Waals surface area contributed by atoms with Gasteiger partial charge in [0.2, 0.25) is 5.91 Å². The molecule has 0 saturated heterocycles. The molecule has 1 aliphatic carbocycles. The number of rotatable bonds is 4. The van der Waals surface area contributed by atoms with Crippen molar-refractivity contribution in [3.63, 3.8) is 0 Å². The number of carbonyl (C=O) groups excluding carboxylic acids is 2. The number of carbonyl (C=O) groups is 3. The summed E-state index contributed by atoms with van der Waals surface area (Å²) in [6.45, 7) is 1.91. The molecule has 21 heavy (non-hydrogen) atoms. The van der Waals surface area contributed by atoms with Crippen molar-refractivity contribution >= 4 is 17.9 Å². The number of hydrogen-bond acceptors (Lipinski definition) is 3. The lowest BCUT2D eigenvalue weighted by Gasteiger charge is -2.38. The highest BCUT2D eigenvalue weighted by Crippen LogP contribution is 2.32. The van der Waals surface area contributed by atoms with Crippen LogP contribution in [0.4, 0.5) is 4.79 Å². The number of urea groups is 1. The first-order valence-electron chi connectivity index (χ1n) is 7.15. The van der Waals surface area contributed by atoms with E-state index < -0.39 is 17.5 Å². The fourth-order valence-corrected chi connectivity index (χ4v) is 2.63. The smallest absolute Gasteiger partial charge is 0.329 e. The molecular weight excluding hydrogens is 274 g/mol. The van der Waals surface area contributed by atoms with E-state index >= 15 is 0 Å². The number of nitrogens with one attached hydrogen (secondary N) is 1. The molecule has 7 heteroatoms. The highest BCUT2D eigenvalue weighted by Gasteiger charge is 2.43. The fourth-order valence-electron chi connectivity index (χ4n) is 2.63. The molecule has 1 rings (SSSR count). The van der Waals surface area contributed by atoms with Gasteiger partial charge in [-0.1, -0.05) is 19.8 Å². The predicted octanol–water partition coefficient (Wildman–Crippen LogP) is 0.750. The van der Waals surface area contributed by atoms with Crippen molar-refractivity contribution in [1.29, 1.82) is 0 Å². The molecule has 0 aromatic rings. The summed E-state index contributed by atoms with van der Waals surface area (Å²) < 4.78 is 0. The third-order valence-corrected chi connectivity index (χ3v) is 3.97. The SMILES string of the molecule is CC1CCCC(NC(=O)N(C)CC(=O)N(C)C)(C(=O)O)C1. The Morgan fingerprint density at radius 1 is 1.29 bits per heavy atom. The first-order valence-corrected chi connectivity index (χ1v) is 7.15. The Morgan fingerprint density at radius 3 is 2.38 bits per heavy atom. The average Bonchev–Trinajstić information content (AvgIpc) is 2.38. The van der Waals surface area contributed by atoms with Crippen LogP contribution in [-0.2, 0) is 9.59 Å². The van der Waals surface area contributed by atoms with Gasteiger partial charge in [0.25, 0.3) is 0 Å². The Kier molecular flexibility index (Phi) is 5.57. The maximum Gasteiger partial charge on any atom is 0.329 e. The molecule has 0 radical (unpaired) electrons. The van der Waals surface area contributed by atoms with E-state index in [-0.39, 0.29) is 18.4 Å². The van der Waals surface area contributed by atoms with Crippen molar-refractivity contribution in [2.75, 3.05) is 27.7 Å². The van der Waals surface area contributed by atoms with E-state index in [1.165, 1.54) is 16.8 Å². The van der Waals surface area contributed by atoms with Crippen LogP contribution in [0.2, 0.25) is 0 Å². The lowest BCUT2D eigenvalue weighted by Crippen LogP contribution is -2.59. The normalized spacial score (nSPS) is 25.0. The Hall–Kier alpha value is -1.79. The zero-order valence-corrected chi connectivity index (χ0v) is 13.2. The Labute approximate surface area is 125 Å². The molecule has 1 aliphatic rings. The van der Waals surface area contributed by atoms with Crippen LogP contribution in [0.5, 0.6) is 0 Å². The molecule has 0 spiro atoms. The van der Waals surface area contributed by atoms with Crippen molar-refractivity contribution < 1.29 is 19.5 Å². The van der Waals surface area contributed by atoms with E-state index in [4.69, 9.17) is 0 Å². The minimum Gasteiger partial charge on any atom is -0.480 e. The molecule has 2 N–H and O–H groups in total. The number of likely N-dealkylation sites (N-methyl/N-ethyl adjacent to an activating group) is 2. The van der Waals surface area contributed by atoms with Gasteiger partial charge in [-0.15, -0.1) is 0 Å². The minimum atomic E-state index is -1.22. The van der Waals surface area contributed by atoms with E-state index in [1.807, 2.05) is 6.92 Å². The summed E-state index contributed by atoms with van der Waals surface area (Å²) >= 11 is 0. The van der Waals surface area contributed by atoms with Gasteiger partial charge in [-0.3, -0.25) is 4.79 Å². The monoisotopic (exact) mass is 299 g/mol. The molecule has 7 nitrogen and oxygen atoms in total. The van der Waals surface area contributed by atoms with Crippen LogP contribution in [-0.4, -0.2) is 66.0 Å². The fraction of sp³-hybridized carbons (Fsp3) is 0.786. The quantitative estimate of drug-likeness (QED) is 0.801. The summed E-state index contributed by atoms with van der Waals surface area (Å²) in [7, 11) is 4.70. The number of nitrogens with zero attached hydrogens (tertiary/aromatic N) is 2. The van der Waals surface area contributed by atoms with E-state index in [0.717, 1.165) is 12.8 Å². The molecule has 2 unspecified atom stereocenters. The number of aliphatic carboxylic acids is 1. The highest BCUT2D eigenvalue weighted by molar-refractivity contribution is 5.88. The molecule has 0 aromatic heterocycles. The second kappa shape index (κ2) is 6.78. The standard InChI is InChI=1S/C14H25N3O4/c1-10-6-5-7-14(8-10,12(19)20)15-13(21)17(4)9-11(18)16(2)3/h10H,5-9H2,1-4H3,(H,15,21)(H,19,20). The number of hydrogen-bond donors (Lipinski definition) is 2. The Balaban J connectivity index is 2.73. The van der Waals surface area contributed by atoms with E-state index in [0.29, 0.717) is 12.8 Å². The van der Waals surface area contributed by atoms with Crippen LogP contribution in [0.3, 0.4) is 0 Å². The van der Waals surface area contributed by atoms with Gasteiger partial charge in [0.05, 0.1) is 0 Å². The first-order chi connectivity index (χ1) is 9.68. The van der Waals surface area contributed by atoms with Crippen LogP contribution in [0.25, 0.3) is 0 Å². The molecule has 1 saturated carbocycles. The van der Waals surface area contributed by atoms with E-state index in [1.54, 1.807) is 14.1 Å². The third kappa shape index (κ3) is 4.34. The molecule has 1 fully saturated rings. The van der Waals surface area contributed by atoms with Crippen molar-refractivity contribution in [3.8, 4) is 0 Å². The van der Waals surface area contributed by atoms with Crippen LogP contribution in [0, 0.1) is 5.92 Å². The lowest BCUT2D eigenvalue weighted by molar-refractivity contribution is -0.146. The maximum atomic E-state index is 12.2. The lowest BCUT2D eigenvalue weighted by atomic mass is 9.76.